The monoisotopic (exact) mass is 174 g/mol. The Kier molecular flexibility index (Phi) is 5.66. The molecule has 0 aliphatic carbocycles. The maximum absolute atomic E-state index is 11.1. The Hall–Kier alpha value is -0.610. The molecule has 0 heterocycles. The summed E-state index contributed by atoms with van der Waals surface area (Å²) in [6.45, 7) is 5.66. The van der Waals surface area contributed by atoms with Crippen LogP contribution in [0.5, 0.6) is 0 Å². The lowest BCUT2D eigenvalue weighted by molar-refractivity contribution is -0.132. The van der Waals surface area contributed by atoms with Crippen LogP contribution < -0.4 is 11.2 Å². The zero-order valence-electron chi connectivity index (χ0n) is 7.96. The van der Waals surface area contributed by atoms with Gasteiger partial charge in [0.25, 0.3) is 5.91 Å². The summed E-state index contributed by atoms with van der Waals surface area (Å²) in [5.41, 5.74) is 0. The second-order valence-corrected chi connectivity index (χ2v) is 2.98. The minimum absolute atomic E-state index is 0.154. The molecule has 0 rings (SSSR count). The Labute approximate surface area is 73.4 Å². The fraction of sp³-hybridized carbons (Fsp3) is 0.875. The van der Waals surface area contributed by atoms with Gasteiger partial charge in [0.2, 0.25) is 0 Å². The van der Waals surface area contributed by atoms with Gasteiger partial charge in [-0.1, -0.05) is 13.3 Å². The Morgan fingerprint density at radius 1 is 1.58 bits per heavy atom. The van der Waals surface area contributed by atoms with Gasteiger partial charge < -0.3 is 5.32 Å². The summed E-state index contributed by atoms with van der Waals surface area (Å²) >= 11 is 0. The molecular weight excluding hydrogens is 156 g/mol. The average molecular weight is 174 g/mol. The van der Waals surface area contributed by atoms with Crippen molar-refractivity contribution >= 4 is 5.91 Å². The van der Waals surface area contributed by atoms with Crippen LogP contribution in [-0.4, -0.2) is 18.1 Å². The van der Waals surface area contributed by atoms with Gasteiger partial charge in [-0.15, -0.1) is 0 Å². The molecule has 0 bridgehead atoms. The van der Waals surface area contributed by atoms with Crippen LogP contribution in [0.4, 0.5) is 0 Å². The minimum Gasteiger partial charge on any atom is -0.351 e. The summed E-state index contributed by atoms with van der Waals surface area (Å²) in [7, 11) is 0. The number of carbonyl (C=O) groups excluding carboxylic acids is 1. The molecule has 2 atom stereocenters. The molecule has 0 aromatic rings. The Balaban J connectivity index is 3.67. The van der Waals surface area contributed by atoms with Crippen LogP contribution >= 0.6 is 0 Å². The van der Waals surface area contributed by atoms with Gasteiger partial charge >= 0.3 is 0 Å². The molecule has 0 aliphatic heterocycles. The third-order valence-electron chi connectivity index (χ3n) is 1.68. The molecule has 12 heavy (non-hydrogen) atoms. The summed E-state index contributed by atoms with van der Waals surface area (Å²) in [6, 6.07) is 0.195. The summed E-state index contributed by atoms with van der Waals surface area (Å²) in [4.78, 5) is 15.5. The minimum atomic E-state index is -0.565. The number of hydrogen-bond donors (Lipinski definition) is 2. The van der Waals surface area contributed by atoms with Crippen molar-refractivity contribution in [2.75, 3.05) is 0 Å². The Morgan fingerprint density at radius 2 is 2.17 bits per heavy atom. The van der Waals surface area contributed by atoms with Crippen molar-refractivity contribution in [2.24, 2.45) is 5.90 Å². The van der Waals surface area contributed by atoms with Crippen molar-refractivity contribution in [1.29, 1.82) is 0 Å². The first-order valence-corrected chi connectivity index (χ1v) is 4.27. The summed E-state index contributed by atoms with van der Waals surface area (Å²) < 4.78 is 0. The fourth-order valence-electron chi connectivity index (χ4n) is 0.927. The molecule has 0 aliphatic rings. The van der Waals surface area contributed by atoms with Crippen LogP contribution in [0.25, 0.3) is 0 Å². The first kappa shape index (κ1) is 11.4. The number of nitrogens with two attached hydrogens (primary N) is 1. The molecule has 0 aromatic carbocycles. The molecule has 0 radical (unpaired) electrons. The van der Waals surface area contributed by atoms with E-state index < -0.39 is 6.10 Å². The summed E-state index contributed by atoms with van der Waals surface area (Å²) in [5, 5.41) is 2.79. The molecule has 3 N–H and O–H groups in total. The Bertz CT molecular complexity index is 139. The smallest absolute Gasteiger partial charge is 0.251 e. The fourth-order valence-corrected chi connectivity index (χ4v) is 0.927. The number of amides is 1. The molecule has 72 valence electrons. The molecule has 4 nitrogen and oxygen atoms in total. The van der Waals surface area contributed by atoms with Crippen LogP contribution in [0.3, 0.4) is 0 Å². The lowest BCUT2D eigenvalue weighted by Crippen LogP contribution is -2.40. The quantitative estimate of drug-likeness (QED) is 0.599. The molecule has 0 spiro atoms. The van der Waals surface area contributed by atoms with Crippen LogP contribution in [0.15, 0.2) is 0 Å². The van der Waals surface area contributed by atoms with Crippen LogP contribution in [0, 0.1) is 0 Å². The van der Waals surface area contributed by atoms with Crippen LogP contribution in [-0.2, 0) is 9.63 Å². The van der Waals surface area contributed by atoms with Crippen molar-refractivity contribution < 1.29 is 9.63 Å². The lowest BCUT2D eigenvalue weighted by Gasteiger charge is -2.15. The van der Waals surface area contributed by atoms with E-state index in [0.717, 1.165) is 12.8 Å². The Morgan fingerprint density at radius 3 is 2.58 bits per heavy atom. The van der Waals surface area contributed by atoms with E-state index in [1.165, 1.54) is 0 Å². The van der Waals surface area contributed by atoms with Gasteiger partial charge in [-0.25, -0.2) is 5.90 Å². The topological polar surface area (TPSA) is 64.3 Å². The molecule has 1 amide bonds. The molecule has 2 unspecified atom stereocenters. The highest BCUT2D eigenvalue weighted by atomic mass is 16.6. The van der Waals surface area contributed by atoms with Gasteiger partial charge in [-0.2, -0.15) is 0 Å². The third-order valence-corrected chi connectivity index (χ3v) is 1.68. The van der Waals surface area contributed by atoms with E-state index in [-0.39, 0.29) is 11.9 Å². The maximum atomic E-state index is 11.1. The second-order valence-electron chi connectivity index (χ2n) is 2.98. The van der Waals surface area contributed by atoms with Gasteiger partial charge in [0.1, 0.15) is 0 Å². The van der Waals surface area contributed by atoms with E-state index in [1.54, 1.807) is 6.92 Å². The lowest BCUT2D eigenvalue weighted by atomic mass is 10.2. The molecule has 0 fully saturated rings. The van der Waals surface area contributed by atoms with Crippen molar-refractivity contribution in [3.63, 3.8) is 0 Å². The van der Waals surface area contributed by atoms with E-state index in [4.69, 9.17) is 5.90 Å². The van der Waals surface area contributed by atoms with Crippen molar-refractivity contribution in [1.82, 2.24) is 5.32 Å². The highest BCUT2D eigenvalue weighted by Gasteiger charge is 2.13. The highest BCUT2D eigenvalue weighted by molar-refractivity contribution is 5.80. The molecule has 0 saturated heterocycles. The van der Waals surface area contributed by atoms with Crippen molar-refractivity contribution in [2.45, 2.75) is 45.8 Å². The molecular formula is C8H18N2O2. The largest absolute Gasteiger partial charge is 0.351 e. The van der Waals surface area contributed by atoms with Gasteiger partial charge in [-0.3, -0.25) is 9.63 Å². The van der Waals surface area contributed by atoms with E-state index >= 15 is 0 Å². The van der Waals surface area contributed by atoms with Gasteiger partial charge in [0, 0.05) is 6.04 Å². The van der Waals surface area contributed by atoms with Gasteiger partial charge in [0.05, 0.1) is 0 Å². The van der Waals surface area contributed by atoms with E-state index in [2.05, 4.69) is 17.1 Å². The molecule has 0 saturated carbocycles. The summed E-state index contributed by atoms with van der Waals surface area (Å²) in [5.74, 6) is 4.71. The molecule has 0 aromatic heterocycles. The van der Waals surface area contributed by atoms with E-state index in [1.807, 2.05) is 6.92 Å². The number of hydrogen-bond acceptors (Lipinski definition) is 3. The number of rotatable bonds is 5. The highest BCUT2D eigenvalue weighted by Crippen LogP contribution is 1.96. The zero-order chi connectivity index (χ0) is 9.56. The summed E-state index contributed by atoms with van der Waals surface area (Å²) in [6.07, 6.45) is 1.46. The van der Waals surface area contributed by atoms with Crippen LogP contribution in [0.2, 0.25) is 0 Å². The standard InChI is InChI=1S/C8H18N2O2/c1-4-5-6(2)10-8(11)7(3)12-9/h6-7H,4-5,9H2,1-3H3,(H,10,11). The maximum Gasteiger partial charge on any atom is 0.251 e. The first-order chi connectivity index (χ1) is 5.61. The molecule has 4 heteroatoms. The average Bonchev–Trinajstić information content (AvgIpc) is 2.03. The zero-order valence-corrected chi connectivity index (χ0v) is 7.96. The second kappa shape index (κ2) is 5.97. The van der Waals surface area contributed by atoms with Crippen LogP contribution in [0.1, 0.15) is 33.6 Å². The van der Waals surface area contributed by atoms with Gasteiger partial charge in [-0.05, 0) is 20.3 Å². The van der Waals surface area contributed by atoms with Crippen molar-refractivity contribution in [3.8, 4) is 0 Å². The normalized spacial score (nSPS) is 15.3. The first-order valence-electron chi connectivity index (χ1n) is 4.27. The third kappa shape index (κ3) is 4.31. The predicted molar refractivity (Wildman–Crippen MR) is 47.2 cm³/mol. The predicted octanol–water partition coefficient (Wildman–Crippen LogP) is 0.570. The van der Waals surface area contributed by atoms with E-state index in [9.17, 15) is 4.79 Å². The van der Waals surface area contributed by atoms with Crippen molar-refractivity contribution in [3.05, 3.63) is 0 Å². The number of nitrogens with one attached hydrogen (secondary N) is 1. The SMILES string of the molecule is CCCC(C)NC(=O)C(C)ON. The van der Waals surface area contributed by atoms with E-state index in [0.29, 0.717) is 0 Å². The van der Waals surface area contributed by atoms with Gasteiger partial charge in [0.15, 0.2) is 6.10 Å². The number of carbonyl (C=O) groups is 1.